The molecule has 1 fully saturated rings. The highest BCUT2D eigenvalue weighted by Crippen LogP contribution is 2.51. The van der Waals surface area contributed by atoms with Crippen molar-refractivity contribution in [3.8, 4) is 0 Å². The molecule has 2 atom stereocenters. The zero-order chi connectivity index (χ0) is 14.3. The Morgan fingerprint density at radius 3 is 3.05 bits per heavy atom. The van der Waals surface area contributed by atoms with Crippen LogP contribution in [0.25, 0.3) is 34.6 Å². The first kappa shape index (κ1) is 11.5. The summed E-state index contributed by atoms with van der Waals surface area (Å²) in [6.07, 6.45) is 17.0. The van der Waals surface area contributed by atoms with E-state index in [1.165, 1.54) is 40.3 Å². The number of allylic oxidation sites excluding steroid dienone is 2. The molecule has 2 aromatic carbocycles. The molecule has 6 rings (SSSR count). The Labute approximate surface area is 129 Å². The summed E-state index contributed by atoms with van der Waals surface area (Å²) in [7, 11) is 0. The van der Waals surface area contributed by atoms with Gasteiger partial charge in [-0.2, -0.15) is 0 Å². The molecule has 1 saturated carbocycles. The molecule has 0 nitrogen and oxygen atoms in total. The average molecular weight is 282 g/mol. The molecule has 2 unspecified atom stereocenters. The van der Waals surface area contributed by atoms with Crippen LogP contribution < -0.4 is 20.9 Å². The van der Waals surface area contributed by atoms with E-state index in [-0.39, 0.29) is 0 Å². The first-order valence-corrected chi connectivity index (χ1v) is 8.57. The van der Waals surface area contributed by atoms with E-state index < -0.39 is 0 Å². The zero-order valence-electron chi connectivity index (χ0n) is 12.6. The van der Waals surface area contributed by atoms with E-state index in [4.69, 9.17) is 0 Å². The Kier molecular flexibility index (Phi) is 1.99. The summed E-state index contributed by atoms with van der Waals surface area (Å²) in [5.74, 6) is 1.60. The van der Waals surface area contributed by atoms with E-state index in [0.29, 0.717) is 0 Å². The molecule has 0 bridgehead atoms. The molecule has 106 valence electrons. The van der Waals surface area contributed by atoms with Crippen molar-refractivity contribution in [1.82, 2.24) is 0 Å². The van der Waals surface area contributed by atoms with Crippen LogP contribution >= 0.6 is 0 Å². The van der Waals surface area contributed by atoms with Crippen LogP contribution in [-0.4, -0.2) is 0 Å². The summed E-state index contributed by atoms with van der Waals surface area (Å²) in [6, 6.07) is 7.01. The summed E-state index contributed by atoms with van der Waals surface area (Å²) in [6.45, 7) is 0. The van der Waals surface area contributed by atoms with Gasteiger partial charge in [0.2, 0.25) is 0 Å². The Morgan fingerprint density at radius 1 is 1.05 bits per heavy atom. The summed E-state index contributed by atoms with van der Waals surface area (Å²) >= 11 is 0. The highest BCUT2D eigenvalue weighted by Gasteiger charge is 2.40. The summed E-state index contributed by atoms with van der Waals surface area (Å²) in [5.41, 5.74) is 3.26. The predicted molar refractivity (Wildman–Crippen MR) is 93.1 cm³/mol. The average Bonchev–Trinajstić information content (AvgIpc) is 3.35. The van der Waals surface area contributed by atoms with Crippen molar-refractivity contribution in [3.63, 3.8) is 0 Å². The molecule has 0 aromatic heterocycles. The van der Waals surface area contributed by atoms with Gasteiger partial charge in [0.1, 0.15) is 0 Å². The number of hydrogen-bond donors (Lipinski definition) is 0. The number of hydrogen-bond acceptors (Lipinski definition) is 0. The number of fused-ring (bicyclic) bond motifs is 4. The largest absolute Gasteiger partial charge is 0.0804 e. The highest BCUT2D eigenvalue weighted by molar-refractivity contribution is 5.91. The van der Waals surface area contributed by atoms with Crippen LogP contribution in [0.2, 0.25) is 0 Å². The van der Waals surface area contributed by atoms with Crippen molar-refractivity contribution >= 4 is 34.6 Å². The first-order chi connectivity index (χ1) is 10.9. The third-order valence-electron chi connectivity index (χ3n) is 6.02. The predicted octanol–water partition coefficient (Wildman–Crippen LogP) is 2.20. The van der Waals surface area contributed by atoms with Crippen molar-refractivity contribution in [2.24, 2.45) is 5.92 Å². The fourth-order valence-corrected chi connectivity index (χ4v) is 4.96. The number of benzene rings is 2. The van der Waals surface area contributed by atoms with Crippen LogP contribution in [0.3, 0.4) is 0 Å². The molecule has 4 aliphatic rings. The maximum absolute atomic E-state index is 2.58. The van der Waals surface area contributed by atoms with Gasteiger partial charge in [-0.3, -0.25) is 0 Å². The van der Waals surface area contributed by atoms with Gasteiger partial charge in [-0.15, -0.1) is 0 Å². The lowest BCUT2D eigenvalue weighted by molar-refractivity contribution is 1.02. The Balaban J connectivity index is 2.05. The van der Waals surface area contributed by atoms with E-state index in [2.05, 4.69) is 48.6 Å². The summed E-state index contributed by atoms with van der Waals surface area (Å²) in [5, 5.41) is 9.16. The van der Waals surface area contributed by atoms with E-state index in [0.717, 1.165) is 18.3 Å². The molecule has 0 N–H and O–H groups in total. The molecule has 0 radical (unpaired) electrons. The summed E-state index contributed by atoms with van der Waals surface area (Å²) < 4.78 is 0. The molecule has 0 heteroatoms. The monoisotopic (exact) mass is 282 g/mol. The first-order valence-electron chi connectivity index (χ1n) is 8.57. The minimum atomic E-state index is 0.795. The standard InChI is InChI=1S/C22H18/c1-2-7-18-20-12-14-11-19(14)17-10-4-9-16(22(17)20)15-8-3-6-13(5-1)21(15)18/h1-2,4,7-10,12,14,19H,3,5-6,11H2. The van der Waals surface area contributed by atoms with Crippen molar-refractivity contribution in [3.05, 3.63) is 56.8 Å². The van der Waals surface area contributed by atoms with Gasteiger partial charge in [0.15, 0.2) is 0 Å². The van der Waals surface area contributed by atoms with Crippen molar-refractivity contribution in [2.75, 3.05) is 0 Å². The van der Waals surface area contributed by atoms with Crippen molar-refractivity contribution < 1.29 is 0 Å². The van der Waals surface area contributed by atoms with E-state index in [9.17, 15) is 0 Å². The minimum absolute atomic E-state index is 0.795. The molecular formula is C22H18. The topological polar surface area (TPSA) is 0 Å². The van der Waals surface area contributed by atoms with Crippen molar-refractivity contribution in [1.29, 1.82) is 0 Å². The van der Waals surface area contributed by atoms with Crippen LogP contribution in [0, 0.1) is 5.92 Å². The van der Waals surface area contributed by atoms with Gasteiger partial charge in [0, 0.05) is 0 Å². The lowest BCUT2D eigenvalue weighted by atomic mass is 9.87. The van der Waals surface area contributed by atoms with Gasteiger partial charge in [-0.25, -0.2) is 0 Å². The molecular weight excluding hydrogens is 264 g/mol. The SMILES string of the molecule is C1=CCC2=c3c(c4c5c(cccc5c3=CCC2)C2CC2C=4)=C1. The van der Waals surface area contributed by atoms with Gasteiger partial charge < -0.3 is 0 Å². The molecule has 0 amide bonds. The normalized spacial score (nSPS) is 26.3. The Morgan fingerprint density at radius 2 is 2.05 bits per heavy atom. The second-order valence-electron chi connectivity index (χ2n) is 7.20. The minimum Gasteiger partial charge on any atom is -0.0804 e. The van der Waals surface area contributed by atoms with Crippen LogP contribution in [-0.2, 0) is 0 Å². The molecule has 0 heterocycles. The zero-order valence-corrected chi connectivity index (χ0v) is 12.6. The van der Waals surface area contributed by atoms with E-state index in [1.807, 2.05) is 0 Å². The van der Waals surface area contributed by atoms with Crippen LogP contribution in [0.1, 0.15) is 37.2 Å². The maximum Gasteiger partial charge on any atom is -0.00670 e. The fourth-order valence-electron chi connectivity index (χ4n) is 4.96. The number of rotatable bonds is 0. The molecule has 0 aliphatic heterocycles. The Hall–Kier alpha value is -2.08. The van der Waals surface area contributed by atoms with Gasteiger partial charge in [0.25, 0.3) is 0 Å². The second-order valence-corrected chi connectivity index (χ2v) is 7.20. The van der Waals surface area contributed by atoms with E-state index >= 15 is 0 Å². The van der Waals surface area contributed by atoms with E-state index in [1.54, 1.807) is 21.7 Å². The quantitative estimate of drug-likeness (QED) is 0.695. The maximum atomic E-state index is 2.58. The fraction of sp³-hybridized carbons (Fsp3) is 0.273. The van der Waals surface area contributed by atoms with Crippen LogP contribution in [0.15, 0.2) is 30.4 Å². The molecule has 2 aromatic rings. The molecule has 0 spiro atoms. The third-order valence-corrected chi connectivity index (χ3v) is 6.02. The van der Waals surface area contributed by atoms with Gasteiger partial charge in [-0.05, 0) is 74.7 Å². The van der Waals surface area contributed by atoms with Crippen LogP contribution in [0.5, 0.6) is 0 Å². The van der Waals surface area contributed by atoms with Crippen LogP contribution in [0.4, 0.5) is 0 Å². The third kappa shape index (κ3) is 1.30. The second kappa shape index (κ2) is 3.81. The highest BCUT2D eigenvalue weighted by atomic mass is 14.4. The van der Waals surface area contributed by atoms with Gasteiger partial charge in [0.05, 0.1) is 0 Å². The van der Waals surface area contributed by atoms with Gasteiger partial charge >= 0.3 is 0 Å². The lowest BCUT2D eigenvalue weighted by Crippen LogP contribution is -2.51. The Bertz CT molecular complexity index is 1130. The summed E-state index contributed by atoms with van der Waals surface area (Å²) in [4.78, 5) is 0. The molecule has 0 saturated heterocycles. The van der Waals surface area contributed by atoms with Crippen molar-refractivity contribution in [2.45, 2.75) is 31.6 Å². The van der Waals surface area contributed by atoms with Gasteiger partial charge in [-0.1, -0.05) is 54.2 Å². The smallest absolute Gasteiger partial charge is 0.00670 e. The lowest BCUT2D eigenvalue weighted by Gasteiger charge is -2.16. The molecule has 22 heavy (non-hydrogen) atoms. The molecule has 4 aliphatic carbocycles.